The summed E-state index contributed by atoms with van der Waals surface area (Å²) in [6.07, 6.45) is 5.42. The van der Waals surface area contributed by atoms with E-state index in [1.807, 2.05) is 11.9 Å². The number of likely N-dealkylation sites (N-methyl/N-ethyl adjacent to an activating group) is 1. The Kier molecular flexibility index (Phi) is 7.23. The van der Waals surface area contributed by atoms with Crippen LogP contribution in [-0.4, -0.2) is 61.1 Å². The van der Waals surface area contributed by atoms with Crippen molar-refractivity contribution in [3.63, 3.8) is 0 Å². The average molecular weight is 424 g/mol. The number of carboxylic acid groups (broad SMARTS) is 1. The van der Waals surface area contributed by atoms with Gasteiger partial charge in [0.1, 0.15) is 17.0 Å². The molecule has 1 aromatic carbocycles. The first kappa shape index (κ1) is 23.8. The van der Waals surface area contributed by atoms with Gasteiger partial charge in [-0.3, -0.25) is 4.79 Å². The topological polar surface area (TPSA) is 142 Å². The fourth-order valence-electron chi connectivity index (χ4n) is 4.55. The minimum atomic E-state index is -1.27. The Morgan fingerprint density at radius 3 is 2.57 bits per heavy atom. The number of carboxylic acids is 1. The van der Waals surface area contributed by atoms with Crippen molar-refractivity contribution < 1.29 is 34.8 Å². The number of rotatable bonds is 5. The number of ketones is 1. The maximum atomic E-state index is 15.2. The van der Waals surface area contributed by atoms with Crippen molar-refractivity contribution in [3.8, 4) is 5.75 Å². The number of Topliss-reactive ketones (excluding diaryl/α,β-unsaturated/α-hetero) is 1. The van der Waals surface area contributed by atoms with Crippen molar-refractivity contribution in [3.05, 3.63) is 34.7 Å². The van der Waals surface area contributed by atoms with Gasteiger partial charge < -0.3 is 31.0 Å². The van der Waals surface area contributed by atoms with E-state index in [-0.39, 0.29) is 40.0 Å². The molecule has 0 radical (unpaired) electrons. The van der Waals surface area contributed by atoms with Crippen LogP contribution < -0.4 is 15.0 Å². The van der Waals surface area contributed by atoms with E-state index in [9.17, 15) is 14.7 Å². The zero-order chi connectivity index (χ0) is 20.0. The van der Waals surface area contributed by atoms with Gasteiger partial charge in [0.05, 0.1) is 7.11 Å². The molecule has 2 fully saturated rings. The molecule has 0 aromatic heterocycles. The molecule has 0 amide bonds. The van der Waals surface area contributed by atoms with Crippen LogP contribution in [0.1, 0.15) is 47.5 Å². The Balaban J connectivity index is 0.00000160. The van der Waals surface area contributed by atoms with Gasteiger partial charge in [-0.2, -0.15) is 0 Å². The second-order valence-corrected chi connectivity index (χ2v) is 7.85. The molecule has 1 aliphatic heterocycles. The standard InChI is InChI=1S/C21H25FN2O4.2H2O/c1-23-12-4-3-7-24(10-12)18-16(22)9-14-17(20(18)28-2)13(11-5-6-11)8-15(19(14)25)21(26)27;;/h8-9,11-13,23H,3-7,10H2,1-2H3,(H,26,27);2*1H2. The lowest BCUT2D eigenvalue weighted by Gasteiger charge is -2.36. The SMILES string of the molecule is CNC1CCCN(c2c(F)cc3c(c2OC)C(C2CC2)C=C(C(=O)O)C3=O)C1.O.O. The number of nitrogens with one attached hydrogen (secondary N) is 1. The lowest BCUT2D eigenvalue weighted by molar-refractivity contribution is -0.132. The molecular formula is C21H29FN2O6. The summed E-state index contributed by atoms with van der Waals surface area (Å²) in [6, 6.07) is 1.47. The van der Waals surface area contributed by atoms with Gasteiger partial charge in [-0.25, -0.2) is 9.18 Å². The number of ether oxygens (including phenoxy) is 1. The van der Waals surface area contributed by atoms with Gasteiger partial charge in [-0.05, 0) is 44.7 Å². The average Bonchev–Trinajstić information content (AvgIpc) is 3.52. The highest BCUT2D eigenvalue weighted by Crippen LogP contribution is 2.52. The summed E-state index contributed by atoms with van der Waals surface area (Å²) in [5.41, 5.74) is 0.874. The van der Waals surface area contributed by atoms with Crippen LogP contribution >= 0.6 is 0 Å². The summed E-state index contributed by atoms with van der Waals surface area (Å²) in [4.78, 5) is 26.3. The smallest absolute Gasteiger partial charge is 0.339 e. The number of hydrogen-bond acceptors (Lipinski definition) is 5. The van der Waals surface area contributed by atoms with Gasteiger partial charge >= 0.3 is 5.97 Å². The number of fused-ring (bicyclic) bond motifs is 1. The first-order valence-corrected chi connectivity index (χ1v) is 9.78. The second kappa shape index (κ2) is 9.11. The molecule has 166 valence electrons. The van der Waals surface area contributed by atoms with Crippen molar-refractivity contribution in [1.82, 2.24) is 5.32 Å². The Hall–Kier alpha value is -2.49. The zero-order valence-corrected chi connectivity index (χ0v) is 17.1. The molecule has 2 aliphatic carbocycles. The number of anilines is 1. The molecular weight excluding hydrogens is 395 g/mol. The number of piperidine rings is 1. The summed E-state index contributed by atoms with van der Waals surface area (Å²) in [5, 5.41) is 12.7. The van der Waals surface area contributed by atoms with Crippen molar-refractivity contribution in [2.45, 2.75) is 37.6 Å². The summed E-state index contributed by atoms with van der Waals surface area (Å²) in [6.45, 7) is 1.36. The van der Waals surface area contributed by atoms with E-state index >= 15 is 4.39 Å². The first-order valence-electron chi connectivity index (χ1n) is 9.78. The second-order valence-electron chi connectivity index (χ2n) is 7.85. The predicted molar refractivity (Wildman–Crippen MR) is 110 cm³/mol. The van der Waals surface area contributed by atoms with Crippen LogP contribution in [0.15, 0.2) is 17.7 Å². The molecule has 0 bridgehead atoms. The minimum Gasteiger partial charge on any atom is -0.494 e. The molecule has 1 saturated heterocycles. The van der Waals surface area contributed by atoms with Crippen LogP contribution in [0, 0.1) is 11.7 Å². The molecule has 6 N–H and O–H groups in total. The molecule has 3 aliphatic rings. The number of methoxy groups -OCH3 is 1. The lowest BCUT2D eigenvalue weighted by atomic mass is 9.79. The number of carbonyl (C=O) groups excluding carboxylic acids is 1. The molecule has 2 atom stereocenters. The lowest BCUT2D eigenvalue weighted by Crippen LogP contribution is -2.45. The Bertz CT molecular complexity index is 868. The molecule has 1 aromatic rings. The Morgan fingerprint density at radius 1 is 1.30 bits per heavy atom. The van der Waals surface area contributed by atoms with Gasteiger partial charge in [0.15, 0.2) is 5.82 Å². The molecule has 2 unspecified atom stereocenters. The van der Waals surface area contributed by atoms with Gasteiger partial charge in [0.25, 0.3) is 0 Å². The summed E-state index contributed by atoms with van der Waals surface area (Å²) >= 11 is 0. The normalized spacial score (nSPS) is 23.0. The number of benzene rings is 1. The third-order valence-corrected chi connectivity index (χ3v) is 6.13. The number of hydrogen-bond donors (Lipinski definition) is 2. The number of allylic oxidation sites excluding steroid dienone is 1. The largest absolute Gasteiger partial charge is 0.494 e. The molecule has 30 heavy (non-hydrogen) atoms. The minimum absolute atomic E-state index is 0. The molecule has 0 spiro atoms. The Labute approximate surface area is 174 Å². The van der Waals surface area contributed by atoms with Gasteiger partial charge in [0, 0.05) is 36.2 Å². The van der Waals surface area contributed by atoms with E-state index < -0.39 is 17.6 Å². The van der Waals surface area contributed by atoms with Crippen LogP contribution in [0.25, 0.3) is 0 Å². The molecule has 4 rings (SSSR count). The van der Waals surface area contributed by atoms with Gasteiger partial charge in [0.2, 0.25) is 5.78 Å². The van der Waals surface area contributed by atoms with Gasteiger partial charge in [-0.1, -0.05) is 6.08 Å². The highest BCUT2D eigenvalue weighted by molar-refractivity contribution is 6.25. The maximum absolute atomic E-state index is 15.2. The highest BCUT2D eigenvalue weighted by Gasteiger charge is 2.42. The van der Waals surface area contributed by atoms with Crippen molar-refractivity contribution in [2.75, 3.05) is 32.1 Å². The van der Waals surface area contributed by atoms with Gasteiger partial charge in [-0.15, -0.1) is 0 Å². The molecule has 1 saturated carbocycles. The van der Waals surface area contributed by atoms with Crippen molar-refractivity contribution >= 4 is 17.4 Å². The van der Waals surface area contributed by atoms with E-state index in [2.05, 4.69) is 5.32 Å². The fourth-order valence-corrected chi connectivity index (χ4v) is 4.55. The third-order valence-electron chi connectivity index (χ3n) is 6.13. The number of carbonyl (C=O) groups is 2. The predicted octanol–water partition coefficient (Wildman–Crippen LogP) is 1.07. The molecule has 9 heteroatoms. The first-order chi connectivity index (χ1) is 13.5. The molecule has 1 heterocycles. The Morgan fingerprint density at radius 2 is 2.00 bits per heavy atom. The van der Waals surface area contributed by atoms with E-state index in [4.69, 9.17) is 4.74 Å². The van der Waals surface area contributed by atoms with E-state index in [1.165, 1.54) is 13.2 Å². The number of aliphatic carboxylic acids is 1. The summed E-state index contributed by atoms with van der Waals surface area (Å²) in [7, 11) is 3.39. The van der Waals surface area contributed by atoms with Crippen LogP contribution in [0.2, 0.25) is 0 Å². The van der Waals surface area contributed by atoms with Crippen molar-refractivity contribution in [2.24, 2.45) is 5.92 Å². The highest BCUT2D eigenvalue weighted by atomic mass is 19.1. The fraction of sp³-hybridized carbons (Fsp3) is 0.524. The van der Waals surface area contributed by atoms with E-state index in [1.54, 1.807) is 6.08 Å². The monoisotopic (exact) mass is 424 g/mol. The van der Waals surface area contributed by atoms with Crippen molar-refractivity contribution in [1.29, 1.82) is 0 Å². The molecule has 8 nitrogen and oxygen atoms in total. The van der Waals surface area contributed by atoms with E-state index in [0.717, 1.165) is 25.7 Å². The van der Waals surface area contributed by atoms with Crippen LogP contribution in [-0.2, 0) is 4.79 Å². The van der Waals surface area contributed by atoms with Crippen LogP contribution in [0.5, 0.6) is 5.75 Å². The van der Waals surface area contributed by atoms with E-state index in [0.29, 0.717) is 30.1 Å². The van der Waals surface area contributed by atoms with Crippen LogP contribution in [0.3, 0.4) is 0 Å². The summed E-state index contributed by atoms with van der Waals surface area (Å²) < 4.78 is 20.9. The number of halogens is 1. The maximum Gasteiger partial charge on any atom is 0.339 e. The summed E-state index contributed by atoms with van der Waals surface area (Å²) in [5.74, 6) is -2.05. The van der Waals surface area contributed by atoms with Crippen LogP contribution in [0.4, 0.5) is 10.1 Å². The third kappa shape index (κ3) is 3.92. The quantitative estimate of drug-likeness (QED) is 0.677. The zero-order valence-electron chi connectivity index (χ0n) is 17.1. The number of nitrogens with zero attached hydrogens (tertiary/aromatic N) is 1.